The van der Waals surface area contributed by atoms with Crippen LogP contribution >= 0.6 is 11.6 Å². The fourth-order valence-electron chi connectivity index (χ4n) is 5.29. The van der Waals surface area contributed by atoms with Crippen LogP contribution in [0.2, 0.25) is 5.02 Å². The second kappa shape index (κ2) is 21.6. The lowest BCUT2D eigenvalue weighted by Gasteiger charge is -2.19. The molecule has 2 aromatic rings. The number of esters is 2. The summed E-state index contributed by atoms with van der Waals surface area (Å²) in [5, 5.41) is 41.1. The van der Waals surface area contributed by atoms with Crippen molar-refractivity contribution in [3.8, 4) is 17.2 Å². The average Bonchev–Trinajstić information content (AvgIpc) is 3.35. The maximum atomic E-state index is 12.5. The van der Waals surface area contributed by atoms with E-state index >= 15 is 0 Å². The van der Waals surface area contributed by atoms with Gasteiger partial charge in [0.2, 0.25) is 0 Å². The first-order chi connectivity index (χ1) is 24.0. The van der Waals surface area contributed by atoms with Gasteiger partial charge in [0.25, 0.3) is 5.09 Å². The standard InChI is InChI=1S/C36H44ClNO12/c1-46-34-21-25(9-7-19-47-35(42)14-8-20-49-38(44)45)15-18-33(34)50-36(43)13-5-3-2-4-12-29-30(32(41)23-31(29)40)17-16-27(39)24-48-28-11-6-10-26(37)22-28/h2,4,6-7,9-11,15-18,21-22,27,29-32,39-41H,3,5,8,12-14,19-20,23-24H2,1H3/b4-2-,9-7+,17-16+/t27-,29-,30-,31+,32-/m1/s1. The van der Waals surface area contributed by atoms with Crippen LogP contribution in [0.25, 0.3) is 6.08 Å². The van der Waals surface area contributed by atoms with Gasteiger partial charge in [0.1, 0.15) is 25.1 Å². The molecule has 1 saturated carbocycles. The first-order valence-electron chi connectivity index (χ1n) is 16.3. The highest BCUT2D eigenvalue weighted by molar-refractivity contribution is 6.30. The normalized spacial score (nSPS) is 19.5. The molecule has 0 radical (unpaired) electrons. The molecule has 13 nitrogen and oxygen atoms in total. The van der Waals surface area contributed by atoms with Crippen molar-refractivity contribution in [1.29, 1.82) is 0 Å². The molecule has 0 aliphatic heterocycles. The minimum atomic E-state index is -0.915. The number of hydrogen-bond donors (Lipinski definition) is 3. The van der Waals surface area contributed by atoms with Gasteiger partial charge in [0, 0.05) is 30.2 Å². The van der Waals surface area contributed by atoms with Crippen molar-refractivity contribution in [2.45, 2.75) is 63.3 Å². The van der Waals surface area contributed by atoms with E-state index in [2.05, 4.69) is 4.84 Å². The van der Waals surface area contributed by atoms with Crippen molar-refractivity contribution in [3.63, 3.8) is 0 Å². The summed E-state index contributed by atoms with van der Waals surface area (Å²) in [6.45, 7) is -0.153. The zero-order chi connectivity index (χ0) is 36.3. The molecule has 0 heterocycles. The predicted molar refractivity (Wildman–Crippen MR) is 184 cm³/mol. The van der Waals surface area contributed by atoms with E-state index in [9.17, 15) is 35.0 Å². The first-order valence-corrected chi connectivity index (χ1v) is 16.7. The Morgan fingerprint density at radius 1 is 1.04 bits per heavy atom. The molecule has 0 saturated heterocycles. The monoisotopic (exact) mass is 717 g/mol. The molecule has 50 heavy (non-hydrogen) atoms. The summed E-state index contributed by atoms with van der Waals surface area (Å²) in [7, 11) is 1.45. The number of aliphatic hydroxyl groups excluding tert-OH is 3. The Morgan fingerprint density at radius 3 is 2.60 bits per heavy atom. The smallest absolute Gasteiger partial charge is 0.311 e. The molecule has 1 aliphatic rings. The van der Waals surface area contributed by atoms with Crippen LogP contribution in [0.1, 0.15) is 50.5 Å². The van der Waals surface area contributed by atoms with Crippen LogP contribution in [0.15, 0.2) is 72.8 Å². The zero-order valence-corrected chi connectivity index (χ0v) is 28.6. The van der Waals surface area contributed by atoms with Crippen LogP contribution in [0, 0.1) is 22.0 Å². The number of unbranched alkanes of at least 4 members (excludes halogenated alkanes) is 1. The van der Waals surface area contributed by atoms with Crippen LogP contribution in [0.5, 0.6) is 17.2 Å². The van der Waals surface area contributed by atoms with E-state index in [1.807, 2.05) is 12.2 Å². The molecule has 0 bridgehead atoms. The van der Waals surface area contributed by atoms with Crippen molar-refractivity contribution in [2.75, 3.05) is 26.9 Å². The number of carbonyl (C=O) groups is 2. The number of halogens is 1. The molecule has 1 aliphatic carbocycles. The molecule has 0 aromatic heterocycles. The molecule has 3 N–H and O–H groups in total. The second-order valence-electron chi connectivity index (χ2n) is 11.6. The number of ether oxygens (including phenoxy) is 4. The molecular weight excluding hydrogens is 674 g/mol. The maximum Gasteiger partial charge on any atom is 0.311 e. The Kier molecular flexibility index (Phi) is 17.3. The van der Waals surface area contributed by atoms with Gasteiger partial charge in [-0.05, 0) is 73.6 Å². The highest BCUT2D eigenvalue weighted by Crippen LogP contribution is 2.36. The van der Waals surface area contributed by atoms with Crippen molar-refractivity contribution < 1.29 is 53.8 Å². The van der Waals surface area contributed by atoms with E-state index in [0.29, 0.717) is 35.8 Å². The van der Waals surface area contributed by atoms with Gasteiger partial charge in [-0.1, -0.05) is 54.1 Å². The maximum absolute atomic E-state index is 12.5. The fraction of sp³-hybridized carbons (Fsp3) is 0.444. The number of benzene rings is 2. The number of rotatable bonds is 21. The van der Waals surface area contributed by atoms with Gasteiger partial charge in [0.05, 0.1) is 25.9 Å². The number of methoxy groups -OCH3 is 1. The molecule has 0 amide bonds. The van der Waals surface area contributed by atoms with E-state index in [1.54, 1.807) is 66.8 Å². The van der Waals surface area contributed by atoms with Gasteiger partial charge in [-0.15, -0.1) is 10.1 Å². The van der Waals surface area contributed by atoms with E-state index < -0.39 is 35.3 Å². The van der Waals surface area contributed by atoms with Crippen LogP contribution in [0.3, 0.4) is 0 Å². The SMILES string of the molecule is COc1cc(/C=C/COC(=O)CCCO[N+](=O)[O-])ccc1OC(=O)CCC/C=C\C[C@@H]1[C@@H](/C=C/[C@@H](O)COc2cccc(Cl)c2)[C@H](O)C[C@@H]1O. The van der Waals surface area contributed by atoms with E-state index in [4.69, 9.17) is 30.5 Å². The Morgan fingerprint density at radius 2 is 1.84 bits per heavy atom. The van der Waals surface area contributed by atoms with Gasteiger partial charge in [-0.3, -0.25) is 9.59 Å². The number of aliphatic hydroxyl groups is 3. The Hall–Kier alpha value is -4.43. The number of hydrogen-bond acceptors (Lipinski definition) is 12. The highest BCUT2D eigenvalue weighted by atomic mass is 35.5. The molecular formula is C36H44ClNO12. The summed E-state index contributed by atoms with van der Waals surface area (Å²) < 4.78 is 21.5. The summed E-state index contributed by atoms with van der Waals surface area (Å²) in [6, 6.07) is 11.9. The van der Waals surface area contributed by atoms with Gasteiger partial charge >= 0.3 is 11.9 Å². The largest absolute Gasteiger partial charge is 0.493 e. The van der Waals surface area contributed by atoms with Crippen LogP contribution in [0.4, 0.5) is 0 Å². The minimum Gasteiger partial charge on any atom is -0.493 e. The zero-order valence-electron chi connectivity index (χ0n) is 27.8. The number of nitrogens with zero attached hydrogens (tertiary/aromatic N) is 1. The average molecular weight is 718 g/mol. The van der Waals surface area contributed by atoms with Gasteiger partial charge < -0.3 is 39.1 Å². The van der Waals surface area contributed by atoms with E-state index in [-0.39, 0.29) is 63.1 Å². The predicted octanol–water partition coefficient (Wildman–Crippen LogP) is 5.27. The second-order valence-corrected chi connectivity index (χ2v) is 12.0. The van der Waals surface area contributed by atoms with Crippen molar-refractivity contribution >= 4 is 29.6 Å². The molecule has 272 valence electrons. The van der Waals surface area contributed by atoms with Crippen LogP contribution in [-0.4, -0.2) is 77.6 Å². The van der Waals surface area contributed by atoms with Crippen molar-refractivity contribution in [2.24, 2.45) is 11.8 Å². The third-order valence-electron chi connectivity index (χ3n) is 7.80. The Balaban J connectivity index is 1.37. The highest BCUT2D eigenvalue weighted by Gasteiger charge is 2.39. The first kappa shape index (κ1) is 40.0. The summed E-state index contributed by atoms with van der Waals surface area (Å²) >= 11 is 5.96. The number of carbonyl (C=O) groups excluding carboxylic acids is 2. The summed E-state index contributed by atoms with van der Waals surface area (Å²) in [4.78, 5) is 38.4. The summed E-state index contributed by atoms with van der Waals surface area (Å²) in [6.07, 6.45) is 10.4. The summed E-state index contributed by atoms with van der Waals surface area (Å²) in [5.41, 5.74) is 0.721. The molecule has 14 heteroatoms. The lowest BCUT2D eigenvalue weighted by Crippen LogP contribution is -2.21. The van der Waals surface area contributed by atoms with Crippen molar-refractivity contribution in [1.82, 2.24) is 0 Å². The third kappa shape index (κ3) is 14.6. The Labute approximate surface area is 295 Å². The third-order valence-corrected chi connectivity index (χ3v) is 8.03. The van der Waals surface area contributed by atoms with Crippen LogP contribution in [-0.2, 0) is 19.2 Å². The molecule has 5 atom stereocenters. The van der Waals surface area contributed by atoms with E-state index in [1.165, 1.54) is 7.11 Å². The molecule has 0 unspecified atom stereocenters. The van der Waals surface area contributed by atoms with Crippen molar-refractivity contribution in [3.05, 3.63) is 93.5 Å². The van der Waals surface area contributed by atoms with Gasteiger partial charge in [-0.25, -0.2) is 0 Å². The lowest BCUT2D eigenvalue weighted by atomic mass is 9.89. The minimum absolute atomic E-state index is 0.00327. The van der Waals surface area contributed by atoms with Gasteiger partial charge in [0.15, 0.2) is 11.5 Å². The summed E-state index contributed by atoms with van der Waals surface area (Å²) in [5.74, 6) is -0.325. The van der Waals surface area contributed by atoms with Crippen LogP contribution < -0.4 is 14.2 Å². The Bertz CT molecular complexity index is 1480. The fourth-order valence-corrected chi connectivity index (χ4v) is 5.47. The van der Waals surface area contributed by atoms with Gasteiger partial charge in [-0.2, -0.15) is 0 Å². The van der Waals surface area contributed by atoms with E-state index in [0.717, 1.165) is 5.56 Å². The molecule has 0 spiro atoms. The topological polar surface area (TPSA) is 184 Å². The number of allylic oxidation sites excluding steroid dienone is 2. The molecule has 3 rings (SSSR count). The molecule has 1 fully saturated rings. The quantitative estimate of drug-likeness (QED) is 0.0380. The molecule has 2 aromatic carbocycles. The lowest BCUT2D eigenvalue weighted by molar-refractivity contribution is -0.757.